The van der Waals surface area contributed by atoms with E-state index in [1.807, 2.05) is 13.0 Å². The molecule has 0 radical (unpaired) electrons. The van der Waals surface area contributed by atoms with Gasteiger partial charge in [-0.25, -0.2) is 4.90 Å². The number of imide groups is 1. The maximum Gasteiger partial charge on any atom is 0.284 e. The zero-order valence-corrected chi connectivity index (χ0v) is 11.6. The Labute approximate surface area is 118 Å². The Morgan fingerprint density at radius 3 is 2.63 bits per heavy atom. The number of benzene rings is 1. The van der Waals surface area contributed by atoms with Crippen LogP contribution in [0, 0.1) is 6.92 Å². The summed E-state index contributed by atoms with van der Waals surface area (Å²) in [6.07, 6.45) is 1.51. The van der Waals surface area contributed by atoms with Crippen molar-refractivity contribution in [1.29, 1.82) is 0 Å². The third-order valence-electron chi connectivity index (χ3n) is 2.93. The van der Waals surface area contributed by atoms with Gasteiger partial charge in [0.2, 0.25) is 0 Å². The van der Waals surface area contributed by atoms with E-state index in [1.165, 1.54) is 6.20 Å². The summed E-state index contributed by atoms with van der Waals surface area (Å²) in [7, 11) is 0. The van der Waals surface area contributed by atoms with E-state index < -0.39 is 0 Å². The minimum absolute atomic E-state index is 0.213. The molecule has 3 rings (SSSR count). The van der Waals surface area contributed by atoms with Gasteiger partial charge in [0, 0.05) is 10.7 Å². The third-order valence-corrected chi connectivity index (χ3v) is 3.39. The summed E-state index contributed by atoms with van der Waals surface area (Å²) >= 11 is 3.37. The molecule has 1 aliphatic rings. The third kappa shape index (κ3) is 1.86. The highest BCUT2D eigenvalue weighted by molar-refractivity contribution is 9.10. The van der Waals surface area contributed by atoms with Crippen LogP contribution in [0.3, 0.4) is 0 Å². The summed E-state index contributed by atoms with van der Waals surface area (Å²) < 4.78 is 0.826. The molecule has 0 saturated carbocycles. The number of aromatic nitrogens is 1. The van der Waals surface area contributed by atoms with Crippen molar-refractivity contribution >= 4 is 33.4 Å². The van der Waals surface area contributed by atoms with Gasteiger partial charge in [-0.1, -0.05) is 15.9 Å². The fourth-order valence-corrected chi connectivity index (χ4v) is 2.74. The Morgan fingerprint density at radius 2 is 1.95 bits per heavy atom. The zero-order valence-electron chi connectivity index (χ0n) is 10.1. The van der Waals surface area contributed by atoms with Crippen LogP contribution in [0.1, 0.15) is 26.4 Å². The van der Waals surface area contributed by atoms with E-state index in [-0.39, 0.29) is 17.5 Å². The first-order valence-corrected chi connectivity index (χ1v) is 6.48. The molecule has 94 valence electrons. The van der Waals surface area contributed by atoms with Gasteiger partial charge in [0.25, 0.3) is 11.8 Å². The molecule has 0 spiro atoms. The highest BCUT2D eigenvalue weighted by Crippen LogP contribution is 2.29. The lowest BCUT2D eigenvalue weighted by Gasteiger charge is -2.14. The Kier molecular flexibility index (Phi) is 2.71. The number of aryl methyl sites for hydroxylation is 1. The smallest absolute Gasteiger partial charge is 0.268 e. The highest BCUT2D eigenvalue weighted by Gasteiger charge is 2.37. The molecule has 0 atom stereocenters. The van der Waals surface area contributed by atoms with Gasteiger partial charge in [0.1, 0.15) is 5.69 Å². The Morgan fingerprint density at radius 1 is 1.16 bits per heavy atom. The number of fused-ring (bicyclic) bond motifs is 1. The number of nitrogens with zero attached hydrogens (tertiary/aromatic N) is 2. The van der Waals surface area contributed by atoms with Gasteiger partial charge in [-0.15, -0.1) is 0 Å². The Hall–Kier alpha value is -2.01. The molecular weight excluding hydrogens is 308 g/mol. The Balaban J connectivity index is 2.14. The number of carbonyl (C=O) groups excluding carboxylic acids is 2. The number of carbonyl (C=O) groups is 2. The van der Waals surface area contributed by atoms with Crippen molar-refractivity contribution < 1.29 is 9.59 Å². The molecule has 5 heteroatoms. The second kappa shape index (κ2) is 4.28. The number of pyridine rings is 1. The van der Waals surface area contributed by atoms with E-state index in [1.54, 1.807) is 24.3 Å². The first kappa shape index (κ1) is 12.0. The summed E-state index contributed by atoms with van der Waals surface area (Å²) in [6.45, 7) is 1.91. The van der Waals surface area contributed by atoms with Crippen LogP contribution < -0.4 is 4.90 Å². The van der Waals surface area contributed by atoms with Crippen molar-refractivity contribution in [1.82, 2.24) is 4.98 Å². The van der Waals surface area contributed by atoms with Crippen LogP contribution in [0.4, 0.5) is 5.69 Å². The van der Waals surface area contributed by atoms with Crippen molar-refractivity contribution in [2.75, 3.05) is 4.90 Å². The quantitative estimate of drug-likeness (QED) is 0.760. The predicted octanol–water partition coefficient (Wildman–Crippen LogP) is 2.95. The average Bonchev–Trinajstić information content (AvgIpc) is 2.61. The van der Waals surface area contributed by atoms with E-state index in [2.05, 4.69) is 20.9 Å². The fourth-order valence-electron chi connectivity index (χ4n) is 2.15. The molecule has 0 bridgehead atoms. The SMILES string of the molecule is Cc1cc(Br)cc(N2C(=O)c3cccnc3C2=O)c1. The van der Waals surface area contributed by atoms with Gasteiger partial charge in [-0.3, -0.25) is 14.6 Å². The largest absolute Gasteiger partial charge is 0.284 e. The summed E-state index contributed by atoms with van der Waals surface area (Å²) in [4.78, 5) is 29.7. The molecule has 2 heterocycles. The molecule has 0 N–H and O–H groups in total. The van der Waals surface area contributed by atoms with Crippen LogP contribution in [0.2, 0.25) is 0 Å². The van der Waals surface area contributed by atoms with Crippen molar-refractivity contribution in [3.8, 4) is 0 Å². The monoisotopic (exact) mass is 316 g/mol. The topological polar surface area (TPSA) is 50.3 Å². The summed E-state index contributed by atoms with van der Waals surface area (Å²) in [5.74, 6) is -0.705. The fraction of sp³-hybridized carbons (Fsp3) is 0.0714. The van der Waals surface area contributed by atoms with Gasteiger partial charge < -0.3 is 0 Å². The van der Waals surface area contributed by atoms with Crippen LogP contribution in [0.25, 0.3) is 0 Å². The molecular formula is C14H9BrN2O2. The molecule has 4 nitrogen and oxygen atoms in total. The molecule has 19 heavy (non-hydrogen) atoms. The second-order valence-corrected chi connectivity index (χ2v) is 5.25. The van der Waals surface area contributed by atoms with Gasteiger partial charge in [0.05, 0.1) is 11.3 Å². The first-order chi connectivity index (χ1) is 9.08. The zero-order chi connectivity index (χ0) is 13.6. The lowest BCUT2D eigenvalue weighted by atomic mass is 10.2. The molecule has 0 saturated heterocycles. The van der Waals surface area contributed by atoms with Crippen LogP contribution in [-0.2, 0) is 0 Å². The van der Waals surface area contributed by atoms with Crippen LogP contribution in [-0.4, -0.2) is 16.8 Å². The molecule has 1 aromatic carbocycles. The van der Waals surface area contributed by atoms with Gasteiger partial charge >= 0.3 is 0 Å². The maximum atomic E-state index is 12.3. The molecule has 0 aliphatic carbocycles. The van der Waals surface area contributed by atoms with E-state index in [0.29, 0.717) is 11.3 Å². The number of amides is 2. The number of rotatable bonds is 1. The normalized spacial score (nSPS) is 13.9. The molecule has 2 aromatic rings. The van der Waals surface area contributed by atoms with Crippen LogP contribution in [0.15, 0.2) is 41.0 Å². The van der Waals surface area contributed by atoms with Crippen molar-refractivity contribution in [3.63, 3.8) is 0 Å². The predicted molar refractivity (Wildman–Crippen MR) is 74.3 cm³/mol. The van der Waals surface area contributed by atoms with Crippen LogP contribution >= 0.6 is 15.9 Å². The Bertz CT molecular complexity index is 657. The second-order valence-electron chi connectivity index (χ2n) is 4.33. The number of halogens is 1. The maximum absolute atomic E-state index is 12.3. The molecule has 2 amide bonds. The van der Waals surface area contributed by atoms with Gasteiger partial charge in [0.15, 0.2) is 0 Å². The van der Waals surface area contributed by atoms with Gasteiger partial charge in [-0.2, -0.15) is 0 Å². The van der Waals surface area contributed by atoms with Crippen LogP contribution in [0.5, 0.6) is 0 Å². The summed E-state index contributed by atoms with van der Waals surface area (Å²) in [6, 6.07) is 8.73. The first-order valence-electron chi connectivity index (χ1n) is 5.69. The molecule has 0 fully saturated rings. The lowest BCUT2D eigenvalue weighted by molar-refractivity contribution is 0.0924. The number of hydrogen-bond acceptors (Lipinski definition) is 3. The van der Waals surface area contributed by atoms with Crippen molar-refractivity contribution in [3.05, 3.63) is 57.8 Å². The van der Waals surface area contributed by atoms with E-state index in [4.69, 9.17) is 0 Å². The molecule has 0 unspecified atom stereocenters. The average molecular weight is 317 g/mol. The molecule has 1 aliphatic heterocycles. The van der Waals surface area contributed by atoms with E-state index in [0.717, 1.165) is 14.9 Å². The van der Waals surface area contributed by atoms with Gasteiger partial charge in [-0.05, 0) is 42.8 Å². The van der Waals surface area contributed by atoms with Crippen molar-refractivity contribution in [2.45, 2.75) is 6.92 Å². The summed E-state index contributed by atoms with van der Waals surface area (Å²) in [5, 5.41) is 0. The number of anilines is 1. The number of hydrogen-bond donors (Lipinski definition) is 0. The van der Waals surface area contributed by atoms with E-state index >= 15 is 0 Å². The minimum atomic E-state index is -0.377. The minimum Gasteiger partial charge on any atom is -0.268 e. The molecule has 1 aromatic heterocycles. The van der Waals surface area contributed by atoms with Crippen molar-refractivity contribution in [2.24, 2.45) is 0 Å². The standard InChI is InChI=1S/C14H9BrN2O2/c1-8-5-9(15)7-10(6-8)17-13(18)11-3-2-4-16-12(11)14(17)19/h2-7H,1H3. The highest BCUT2D eigenvalue weighted by atomic mass is 79.9. The lowest BCUT2D eigenvalue weighted by Crippen LogP contribution is -2.29. The van der Waals surface area contributed by atoms with E-state index in [9.17, 15) is 9.59 Å². The summed E-state index contributed by atoms with van der Waals surface area (Å²) in [5.41, 5.74) is 2.09.